The maximum absolute atomic E-state index is 13.0. The first kappa shape index (κ1) is 15.7. The fraction of sp³-hybridized carbons (Fsp3) is 0.235. The van der Waals surface area contributed by atoms with Gasteiger partial charge in [0.25, 0.3) is 5.91 Å². The molecule has 0 heterocycles. The van der Waals surface area contributed by atoms with Crippen LogP contribution in [0, 0.1) is 12.7 Å². The molecule has 1 N–H and O–H groups in total. The van der Waals surface area contributed by atoms with Crippen LogP contribution in [0.3, 0.4) is 0 Å². The molecule has 0 saturated heterocycles. The van der Waals surface area contributed by atoms with Crippen LogP contribution in [0.25, 0.3) is 0 Å². The minimum Gasteiger partial charge on any atom is -0.352 e. The number of rotatable bonds is 5. The van der Waals surface area contributed by atoms with E-state index in [0.29, 0.717) is 18.5 Å². The van der Waals surface area contributed by atoms with E-state index >= 15 is 0 Å². The molecule has 1 amide bonds. The van der Waals surface area contributed by atoms with Crippen LogP contribution in [-0.2, 0) is 11.8 Å². The average molecular weight is 350 g/mol. The summed E-state index contributed by atoms with van der Waals surface area (Å²) in [6.45, 7) is 2.41. The number of halogens is 2. The molecule has 0 radical (unpaired) electrons. The summed E-state index contributed by atoms with van der Waals surface area (Å²) in [5.41, 5.74) is 3.74. The van der Waals surface area contributed by atoms with E-state index in [9.17, 15) is 9.18 Å². The SMILES string of the molecule is Cc1cc(F)ccc1CCNC(=O)c1ccc(CBr)cc1. The van der Waals surface area contributed by atoms with Gasteiger partial charge >= 0.3 is 0 Å². The Morgan fingerprint density at radius 2 is 1.90 bits per heavy atom. The van der Waals surface area contributed by atoms with Crippen LogP contribution in [0.2, 0.25) is 0 Å². The predicted octanol–water partition coefficient (Wildman–Crippen LogP) is 4.00. The third-order valence-electron chi connectivity index (χ3n) is 3.35. The van der Waals surface area contributed by atoms with E-state index in [2.05, 4.69) is 21.2 Å². The van der Waals surface area contributed by atoms with Crippen molar-refractivity contribution in [2.75, 3.05) is 6.54 Å². The van der Waals surface area contributed by atoms with Gasteiger partial charge in [-0.1, -0.05) is 34.1 Å². The number of nitrogens with one attached hydrogen (secondary N) is 1. The lowest BCUT2D eigenvalue weighted by Gasteiger charge is -2.08. The van der Waals surface area contributed by atoms with E-state index in [0.717, 1.165) is 22.0 Å². The molecule has 0 saturated carbocycles. The Bertz CT molecular complexity index is 625. The Morgan fingerprint density at radius 1 is 1.19 bits per heavy atom. The van der Waals surface area contributed by atoms with Crippen LogP contribution in [0.15, 0.2) is 42.5 Å². The maximum Gasteiger partial charge on any atom is 0.251 e. The first-order valence-electron chi connectivity index (χ1n) is 6.78. The number of benzene rings is 2. The van der Waals surface area contributed by atoms with Crippen LogP contribution >= 0.6 is 15.9 Å². The molecular weight excluding hydrogens is 333 g/mol. The number of hydrogen-bond acceptors (Lipinski definition) is 1. The topological polar surface area (TPSA) is 29.1 Å². The molecule has 0 aliphatic rings. The molecule has 0 bridgehead atoms. The largest absolute Gasteiger partial charge is 0.352 e. The van der Waals surface area contributed by atoms with Gasteiger partial charge in [-0.15, -0.1) is 0 Å². The summed E-state index contributed by atoms with van der Waals surface area (Å²) >= 11 is 3.37. The number of carbonyl (C=O) groups excluding carboxylic acids is 1. The Kier molecular flexibility index (Phi) is 5.51. The van der Waals surface area contributed by atoms with Gasteiger partial charge in [0.2, 0.25) is 0 Å². The molecule has 0 aliphatic carbocycles. The Labute approximate surface area is 132 Å². The quantitative estimate of drug-likeness (QED) is 0.812. The van der Waals surface area contributed by atoms with E-state index in [4.69, 9.17) is 0 Å². The van der Waals surface area contributed by atoms with Gasteiger partial charge in [-0.3, -0.25) is 4.79 Å². The van der Waals surface area contributed by atoms with Crippen LogP contribution in [0.5, 0.6) is 0 Å². The van der Waals surface area contributed by atoms with Crippen molar-refractivity contribution in [3.05, 3.63) is 70.5 Å². The van der Waals surface area contributed by atoms with Crippen LogP contribution in [0.4, 0.5) is 4.39 Å². The van der Waals surface area contributed by atoms with Gasteiger partial charge in [-0.2, -0.15) is 0 Å². The van der Waals surface area contributed by atoms with Crippen molar-refractivity contribution >= 4 is 21.8 Å². The third kappa shape index (κ3) is 4.39. The molecule has 0 aromatic heterocycles. The van der Waals surface area contributed by atoms with Gasteiger partial charge in [-0.05, 0) is 54.3 Å². The number of hydrogen-bond donors (Lipinski definition) is 1. The molecule has 2 aromatic carbocycles. The van der Waals surface area contributed by atoms with Crippen molar-refractivity contribution in [1.29, 1.82) is 0 Å². The first-order chi connectivity index (χ1) is 10.1. The summed E-state index contributed by atoms with van der Waals surface area (Å²) in [7, 11) is 0. The van der Waals surface area contributed by atoms with Crippen molar-refractivity contribution in [1.82, 2.24) is 5.32 Å². The predicted molar refractivity (Wildman–Crippen MR) is 86.2 cm³/mol. The van der Waals surface area contributed by atoms with Gasteiger partial charge < -0.3 is 5.32 Å². The van der Waals surface area contributed by atoms with E-state index in [1.807, 2.05) is 31.2 Å². The van der Waals surface area contributed by atoms with Crippen molar-refractivity contribution in [2.24, 2.45) is 0 Å². The fourth-order valence-electron chi connectivity index (χ4n) is 2.10. The van der Waals surface area contributed by atoms with E-state index < -0.39 is 0 Å². The summed E-state index contributed by atoms with van der Waals surface area (Å²) in [4.78, 5) is 12.0. The zero-order valence-corrected chi connectivity index (χ0v) is 13.4. The highest BCUT2D eigenvalue weighted by Crippen LogP contribution is 2.11. The molecule has 110 valence electrons. The highest BCUT2D eigenvalue weighted by Gasteiger charge is 2.05. The molecule has 0 unspecified atom stereocenters. The molecule has 2 aromatic rings. The van der Waals surface area contributed by atoms with Crippen LogP contribution < -0.4 is 5.32 Å². The van der Waals surface area contributed by atoms with Gasteiger partial charge in [0.1, 0.15) is 5.82 Å². The fourth-order valence-corrected chi connectivity index (χ4v) is 2.47. The van der Waals surface area contributed by atoms with Crippen LogP contribution in [-0.4, -0.2) is 12.5 Å². The van der Waals surface area contributed by atoms with Crippen molar-refractivity contribution in [3.63, 3.8) is 0 Å². The molecule has 4 heteroatoms. The summed E-state index contributed by atoms with van der Waals surface area (Å²) in [5, 5.41) is 3.66. The van der Waals surface area contributed by atoms with Crippen molar-refractivity contribution in [2.45, 2.75) is 18.7 Å². The Hall–Kier alpha value is -1.68. The van der Waals surface area contributed by atoms with Gasteiger partial charge in [0.05, 0.1) is 0 Å². The Balaban J connectivity index is 1.88. The first-order valence-corrected chi connectivity index (χ1v) is 7.90. The maximum atomic E-state index is 13.0. The lowest BCUT2D eigenvalue weighted by atomic mass is 10.1. The molecule has 2 rings (SSSR count). The number of alkyl halides is 1. The third-order valence-corrected chi connectivity index (χ3v) is 4.00. The van der Waals surface area contributed by atoms with Gasteiger partial charge in [0, 0.05) is 17.4 Å². The second kappa shape index (κ2) is 7.36. The second-order valence-electron chi connectivity index (χ2n) is 4.91. The van der Waals surface area contributed by atoms with Gasteiger partial charge in [-0.25, -0.2) is 4.39 Å². The van der Waals surface area contributed by atoms with Crippen molar-refractivity contribution in [3.8, 4) is 0 Å². The van der Waals surface area contributed by atoms with Crippen LogP contribution in [0.1, 0.15) is 27.0 Å². The number of carbonyl (C=O) groups is 1. The van der Waals surface area contributed by atoms with E-state index in [-0.39, 0.29) is 11.7 Å². The molecule has 2 nitrogen and oxygen atoms in total. The molecule has 0 atom stereocenters. The van der Waals surface area contributed by atoms with Crippen molar-refractivity contribution < 1.29 is 9.18 Å². The molecule has 21 heavy (non-hydrogen) atoms. The molecule has 0 fully saturated rings. The normalized spacial score (nSPS) is 10.4. The summed E-state index contributed by atoms with van der Waals surface area (Å²) in [5.74, 6) is -0.317. The minimum absolute atomic E-state index is 0.0871. The summed E-state index contributed by atoms with van der Waals surface area (Å²) in [6.07, 6.45) is 0.692. The van der Waals surface area contributed by atoms with Gasteiger partial charge in [0.15, 0.2) is 0 Å². The zero-order chi connectivity index (χ0) is 15.2. The Morgan fingerprint density at radius 3 is 2.52 bits per heavy atom. The molecular formula is C17H17BrFNO. The lowest BCUT2D eigenvalue weighted by Crippen LogP contribution is -2.25. The van der Waals surface area contributed by atoms with E-state index in [1.54, 1.807) is 6.07 Å². The average Bonchev–Trinajstić information content (AvgIpc) is 2.49. The number of amides is 1. The van der Waals surface area contributed by atoms with E-state index in [1.165, 1.54) is 12.1 Å². The molecule has 0 spiro atoms. The smallest absolute Gasteiger partial charge is 0.251 e. The monoisotopic (exact) mass is 349 g/mol. The zero-order valence-electron chi connectivity index (χ0n) is 11.8. The highest BCUT2D eigenvalue weighted by atomic mass is 79.9. The molecule has 0 aliphatic heterocycles. The number of aryl methyl sites for hydroxylation is 1. The second-order valence-corrected chi connectivity index (χ2v) is 5.47. The lowest BCUT2D eigenvalue weighted by molar-refractivity contribution is 0.0954. The summed E-state index contributed by atoms with van der Waals surface area (Å²) in [6, 6.07) is 12.2. The highest BCUT2D eigenvalue weighted by molar-refractivity contribution is 9.08. The minimum atomic E-state index is -0.229. The standard InChI is InChI=1S/C17H17BrFNO/c1-12-10-16(19)7-6-14(12)8-9-20-17(21)15-4-2-13(11-18)3-5-15/h2-7,10H,8-9,11H2,1H3,(H,20,21). The summed E-state index contributed by atoms with van der Waals surface area (Å²) < 4.78 is 13.0.